The van der Waals surface area contributed by atoms with Gasteiger partial charge in [-0.2, -0.15) is 0 Å². The second kappa shape index (κ2) is 4.36. The molecular weight excluding hydrogens is 200 g/mol. The van der Waals surface area contributed by atoms with Gasteiger partial charge in [-0.3, -0.25) is 4.79 Å². The van der Waals surface area contributed by atoms with Gasteiger partial charge in [0.2, 0.25) is 5.91 Å². The van der Waals surface area contributed by atoms with E-state index in [1.165, 1.54) is 12.8 Å². The van der Waals surface area contributed by atoms with E-state index < -0.39 is 0 Å². The van der Waals surface area contributed by atoms with Gasteiger partial charge in [-0.05, 0) is 31.1 Å². The second-order valence-electron chi connectivity index (χ2n) is 5.99. The van der Waals surface area contributed by atoms with Crippen LogP contribution in [0.1, 0.15) is 46.0 Å². The molecule has 2 aliphatic rings. The highest BCUT2D eigenvalue weighted by Gasteiger charge is 2.43. The van der Waals surface area contributed by atoms with Gasteiger partial charge in [0, 0.05) is 12.5 Å². The summed E-state index contributed by atoms with van der Waals surface area (Å²) in [5.41, 5.74) is 5.79. The van der Waals surface area contributed by atoms with Crippen LogP contribution in [-0.4, -0.2) is 18.0 Å². The lowest BCUT2D eigenvalue weighted by Gasteiger charge is -2.40. The first-order valence-corrected chi connectivity index (χ1v) is 6.58. The van der Waals surface area contributed by atoms with Gasteiger partial charge in [0.05, 0.1) is 5.54 Å². The highest BCUT2D eigenvalue weighted by Crippen LogP contribution is 2.39. The number of hydrogen-bond acceptors (Lipinski definition) is 2. The second-order valence-corrected chi connectivity index (χ2v) is 5.99. The molecule has 92 valence electrons. The Morgan fingerprint density at radius 1 is 1.50 bits per heavy atom. The Morgan fingerprint density at radius 2 is 2.19 bits per heavy atom. The maximum atomic E-state index is 12.0. The summed E-state index contributed by atoms with van der Waals surface area (Å²) in [6, 6.07) is 0. The topological polar surface area (TPSA) is 55.1 Å². The van der Waals surface area contributed by atoms with Crippen molar-refractivity contribution in [2.24, 2.45) is 23.5 Å². The molecule has 0 spiro atoms. The van der Waals surface area contributed by atoms with Crippen LogP contribution in [0.4, 0.5) is 0 Å². The van der Waals surface area contributed by atoms with Crippen LogP contribution < -0.4 is 11.1 Å². The first-order valence-electron chi connectivity index (χ1n) is 6.58. The number of nitrogens with two attached hydrogens (primary N) is 1. The van der Waals surface area contributed by atoms with Crippen molar-refractivity contribution in [3.8, 4) is 0 Å². The van der Waals surface area contributed by atoms with Crippen molar-refractivity contribution in [3.05, 3.63) is 0 Å². The summed E-state index contributed by atoms with van der Waals surface area (Å²) >= 11 is 0. The Bertz CT molecular complexity index is 279. The molecule has 2 aliphatic carbocycles. The van der Waals surface area contributed by atoms with Crippen LogP contribution in [0.3, 0.4) is 0 Å². The maximum absolute atomic E-state index is 12.0. The van der Waals surface area contributed by atoms with Crippen LogP contribution in [0.2, 0.25) is 0 Å². The van der Waals surface area contributed by atoms with Crippen molar-refractivity contribution in [2.75, 3.05) is 6.54 Å². The van der Waals surface area contributed by atoms with Gasteiger partial charge < -0.3 is 11.1 Å². The summed E-state index contributed by atoms with van der Waals surface area (Å²) in [5.74, 6) is 1.78. The first-order chi connectivity index (χ1) is 7.56. The minimum Gasteiger partial charge on any atom is -0.349 e. The lowest BCUT2D eigenvalue weighted by atomic mass is 9.76. The van der Waals surface area contributed by atoms with Crippen LogP contribution in [0, 0.1) is 17.8 Å². The van der Waals surface area contributed by atoms with Crippen LogP contribution in [0.15, 0.2) is 0 Å². The summed E-state index contributed by atoms with van der Waals surface area (Å²) in [7, 11) is 0. The predicted octanol–water partition coefficient (Wildman–Crippen LogP) is 1.67. The quantitative estimate of drug-likeness (QED) is 0.766. The fourth-order valence-corrected chi connectivity index (χ4v) is 3.05. The van der Waals surface area contributed by atoms with Crippen molar-refractivity contribution in [2.45, 2.75) is 51.5 Å². The zero-order valence-electron chi connectivity index (χ0n) is 10.5. The Balaban J connectivity index is 1.95. The van der Waals surface area contributed by atoms with E-state index in [-0.39, 0.29) is 17.4 Å². The molecule has 0 radical (unpaired) electrons. The van der Waals surface area contributed by atoms with Crippen LogP contribution in [0.25, 0.3) is 0 Å². The summed E-state index contributed by atoms with van der Waals surface area (Å²) in [4.78, 5) is 12.0. The van der Waals surface area contributed by atoms with E-state index in [2.05, 4.69) is 19.2 Å². The summed E-state index contributed by atoms with van der Waals surface area (Å²) in [6.07, 6.45) is 5.63. The molecule has 0 heterocycles. The number of amides is 1. The first kappa shape index (κ1) is 11.9. The summed E-state index contributed by atoms with van der Waals surface area (Å²) in [5, 5.41) is 3.24. The zero-order valence-corrected chi connectivity index (χ0v) is 10.5. The zero-order chi connectivity index (χ0) is 11.8. The number of rotatable bonds is 3. The minimum absolute atomic E-state index is 0.100. The molecule has 4 unspecified atom stereocenters. The normalized spacial score (nSPS) is 42.8. The monoisotopic (exact) mass is 224 g/mol. The van der Waals surface area contributed by atoms with Crippen molar-refractivity contribution in [3.63, 3.8) is 0 Å². The third-order valence-electron chi connectivity index (χ3n) is 4.32. The Kier molecular flexibility index (Phi) is 3.24. The SMILES string of the molecule is CC1CCCC(CN)(NC(=O)C2CC2C)C1. The van der Waals surface area contributed by atoms with Crippen LogP contribution >= 0.6 is 0 Å². The van der Waals surface area contributed by atoms with Gasteiger partial charge in [-0.15, -0.1) is 0 Å². The van der Waals surface area contributed by atoms with E-state index in [9.17, 15) is 4.79 Å². The highest BCUT2D eigenvalue weighted by molar-refractivity contribution is 5.82. The third kappa shape index (κ3) is 2.40. The molecule has 3 nitrogen and oxygen atoms in total. The molecule has 0 aromatic rings. The average molecular weight is 224 g/mol. The molecule has 1 amide bonds. The van der Waals surface area contributed by atoms with Crippen molar-refractivity contribution < 1.29 is 4.79 Å². The van der Waals surface area contributed by atoms with Gasteiger partial charge in [-0.1, -0.05) is 26.7 Å². The summed E-state index contributed by atoms with van der Waals surface area (Å²) < 4.78 is 0. The largest absolute Gasteiger partial charge is 0.349 e. The molecule has 3 heteroatoms. The lowest BCUT2D eigenvalue weighted by Crippen LogP contribution is -2.56. The molecule has 0 aliphatic heterocycles. The van der Waals surface area contributed by atoms with Crippen molar-refractivity contribution in [1.29, 1.82) is 0 Å². The number of carbonyl (C=O) groups excluding carboxylic acids is 1. The van der Waals surface area contributed by atoms with Gasteiger partial charge in [0.15, 0.2) is 0 Å². The van der Waals surface area contributed by atoms with Gasteiger partial charge >= 0.3 is 0 Å². The molecule has 2 fully saturated rings. The van der Waals surface area contributed by atoms with Crippen molar-refractivity contribution in [1.82, 2.24) is 5.32 Å². The van der Waals surface area contributed by atoms with Gasteiger partial charge in [-0.25, -0.2) is 0 Å². The van der Waals surface area contributed by atoms with E-state index in [0.29, 0.717) is 18.4 Å². The fraction of sp³-hybridized carbons (Fsp3) is 0.923. The van der Waals surface area contributed by atoms with Crippen LogP contribution in [-0.2, 0) is 4.79 Å². The molecule has 2 rings (SSSR count). The molecule has 0 aromatic carbocycles. The molecule has 0 aromatic heterocycles. The van der Waals surface area contributed by atoms with E-state index >= 15 is 0 Å². The lowest BCUT2D eigenvalue weighted by molar-refractivity contribution is -0.125. The van der Waals surface area contributed by atoms with E-state index in [4.69, 9.17) is 5.73 Å². The van der Waals surface area contributed by atoms with Gasteiger partial charge in [0.25, 0.3) is 0 Å². The minimum atomic E-state index is -0.100. The Hall–Kier alpha value is -0.570. The summed E-state index contributed by atoms with van der Waals surface area (Å²) in [6.45, 7) is 4.99. The fourth-order valence-electron chi connectivity index (χ4n) is 3.05. The average Bonchev–Trinajstić information content (AvgIpc) is 2.95. The maximum Gasteiger partial charge on any atom is 0.223 e. The standard InChI is InChI=1S/C13H24N2O/c1-9-4-3-5-13(7-9,8-14)15-12(16)11-6-10(11)2/h9-11H,3-8,14H2,1-2H3,(H,15,16). The molecule has 2 saturated carbocycles. The smallest absolute Gasteiger partial charge is 0.223 e. The molecule has 3 N–H and O–H groups in total. The Labute approximate surface area is 98.2 Å². The van der Waals surface area contributed by atoms with Crippen molar-refractivity contribution >= 4 is 5.91 Å². The van der Waals surface area contributed by atoms with E-state index in [1.807, 2.05) is 0 Å². The van der Waals surface area contributed by atoms with Gasteiger partial charge in [0.1, 0.15) is 0 Å². The number of nitrogens with one attached hydrogen (secondary N) is 1. The molecule has 16 heavy (non-hydrogen) atoms. The predicted molar refractivity (Wildman–Crippen MR) is 64.8 cm³/mol. The molecule has 4 atom stereocenters. The van der Waals surface area contributed by atoms with Crippen LogP contribution in [0.5, 0.6) is 0 Å². The van der Waals surface area contributed by atoms with E-state index in [0.717, 1.165) is 19.3 Å². The molecule has 0 bridgehead atoms. The molecular formula is C13H24N2O. The number of carbonyl (C=O) groups is 1. The Morgan fingerprint density at radius 3 is 2.69 bits per heavy atom. The van der Waals surface area contributed by atoms with E-state index in [1.54, 1.807) is 0 Å². The number of hydrogen-bond donors (Lipinski definition) is 2. The highest BCUT2D eigenvalue weighted by atomic mass is 16.2. The third-order valence-corrected chi connectivity index (χ3v) is 4.32. The molecule has 0 saturated heterocycles.